The highest BCUT2D eigenvalue weighted by Crippen LogP contribution is 2.39. The number of hydrogen-bond donors (Lipinski definition) is 2. The summed E-state index contributed by atoms with van der Waals surface area (Å²) >= 11 is 0. The first kappa shape index (κ1) is 18.5. The van der Waals surface area contributed by atoms with Crippen LogP contribution in [0.2, 0.25) is 0 Å². The Morgan fingerprint density at radius 3 is 2.33 bits per heavy atom. The third-order valence-corrected chi connectivity index (χ3v) is 4.85. The predicted octanol–water partition coefficient (Wildman–Crippen LogP) is 5.23. The average Bonchev–Trinajstić information content (AvgIpc) is 2.66. The molecule has 0 heterocycles. The number of nitrogens with one attached hydrogen (secondary N) is 1. The number of nitro benzene ring substituents is 1. The van der Waals surface area contributed by atoms with Crippen molar-refractivity contribution in [1.29, 1.82) is 0 Å². The predicted molar refractivity (Wildman–Crippen MR) is 113 cm³/mol. The van der Waals surface area contributed by atoms with Gasteiger partial charge in [-0.2, -0.15) is 0 Å². The summed E-state index contributed by atoms with van der Waals surface area (Å²) in [6, 6.07) is 15.0. The number of anilines is 4. The van der Waals surface area contributed by atoms with E-state index in [1.165, 1.54) is 6.07 Å². The van der Waals surface area contributed by atoms with Crippen LogP contribution in [0.4, 0.5) is 28.4 Å². The number of nitrogen functional groups attached to an aromatic ring is 1. The lowest BCUT2D eigenvalue weighted by molar-refractivity contribution is -0.383. The molecular weight excluding hydrogens is 340 g/mol. The zero-order valence-corrected chi connectivity index (χ0v) is 15.8. The Morgan fingerprint density at radius 1 is 1.07 bits per heavy atom. The van der Waals surface area contributed by atoms with Crippen molar-refractivity contribution in [1.82, 2.24) is 0 Å². The van der Waals surface area contributed by atoms with Crippen LogP contribution >= 0.6 is 0 Å². The monoisotopic (exact) mass is 364 g/mol. The summed E-state index contributed by atoms with van der Waals surface area (Å²) in [5.41, 5.74) is 9.86. The minimum Gasteiger partial charge on any atom is -0.398 e. The number of rotatable bonds is 6. The molecule has 6 nitrogen and oxygen atoms in total. The molecule has 0 saturated carbocycles. The van der Waals surface area contributed by atoms with Gasteiger partial charge >= 0.3 is 0 Å². The van der Waals surface area contributed by atoms with E-state index in [4.69, 9.17) is 5.73 Å². The van der Waals surface area contributed by atoms with Gasteiger partial charge in [-0.25, -0.2) is 0 Å². The molecule has 0 saturated heterocycles. The Bertz CT molecular complexity index is 997. The maximum Gasteiger partial charge on any atom is 0.295 e. The van der Waals surface area contributed by atoms with Gasteiger partial charge in [-0.3, -0.25) is 10.1 Å². The molecule has 3 rings (SSSR count). The molecule has 0 amide bonds. The molecule has 0 atom stereocenters. The number of nitro groups is 1. The van der Waals surface area contributed by atoms with Gasteiger partial charge in [0.25, 0.3) is 5.69 Å². The molecule has 3 N–H and O–H groups in total. The van der Waals surface area contributed by atoms with Crippen LogP contribution in [0.3, 0.4) is 0 Å². The Hall–Kier alpha value is -3.28. The van der Waals surface area contributed by atoms with Gasteiger partial charge in [0.1, 0.15) is 5.69 Å². The number of nitrogens with two attached hydrogens (primary N) is 1. The fourth-order valence-corrected chi connectivity index (χ4v) is 3.37. The minimum absolute atomic E-state index is 0.0292. The molecule has 27 heavy (non-hydrogen) atoms. The molecule has 140 valence electrons. The number of nitrogens with zero attached hydrogens (tertiary/aromatic N) is 2. The lowest BCUT2D eigenvalue weighted by atomic mass is 10.0. The van der Waals surface area contributed by atoms with Crippen LogP contribution in [0.1, 0.15) is 19.4 Å². The van der Waals surface area contributed by atoms with Crippen molar-refractivity contribution in [2.75, 3.05) is 29.0 Å². The van der Waals surface area contributed by atoms with Crippen molar-refractivity contribution >= 4 is 39.2 Å². The second kappa shape index (κ2) is 7.53. The summed E-state index contributed by atoms with van der Waals surface area (Å²) in [6.07, 6.45) is 0. The highest BCUT2D eigenvalue weighted by Gasteiger charge is 2.20. The van der Waals surface area contributed by atoms with Gasteiger partial charge in [0.2, 0.25) is 0 Å². The molecule has 0 fully saturated rings. The summed E-state index contributed by atoms with van der Waals surface area (Å²) in [7, 11) is 0. The van der Waals surface area contributed by atoms with E-state index in [1.807, 2.05) is 43.3 Å². The molecule has 3 aromatic carbocycles. The standard InChI is InChI=1S/C21H24N4O2/c1-4-24(5-2)15-10-11-19(14(3)12-15)23-21-17-9-7-6-8-16(17)18(22)13-20(21)25(26)27/h6-13,23H,4-5,22H2,1-3H3. The summed E-state index contributed by atoms with van der Waals surface area (Å²) in [5, 5.41) is 16.4. The highest BCUT2D eigenvalue weighted by atomic mass is 16.6. The molecule has 0 radical (unpaired) electrons. The van der Waals surface area contributed by atoms with Crippen molar-refractivity contribution in [3.63, 3.8) is 0 Å². The van der Waals surface area contributed by atoms with E-state index >= 15 is 0 Å². The van der Waals surface area contributed by atoms with Gasteiger partial charge < -0.3 is 16.0 Å². The van der Waals surface area contributed by atoms with E-state index in [1.54, 1.807) is 0 Å². The third-order valence-electron chi connectivity index (χ3n) is 4.85. The molecule has 0 bridgehead atoms. The molecular formula is C21H24N4O2. The molecule has 0 unspecified atom stereocenters. The number of aryl methyl sites for hydroxylation is 1. The van der Waals surface area contributed by atoms with Crippen molar-refractivity contribution in [3.8, 4) is 0 Å². The van der Waals surface area contributed by atoms with Gasteiger partial charge in [0.05, 0.1) is 4.92 Å². The zero-order valence-electron chi connectivity index (χ0n) is 15.8. The van der Waals surface area contributed by atoms with Crippen molar-refractivity contribution in [2.24, 2.45) is 0 Å². The average molecular weight is 364 g/mol. The SMILES string of the molecule is CCN(CC)c1ccc(Nc2c([N+](=O)[O-])cc(N)c3ccccc23)c(C)c1. The second-order valence-electron chi connectivity index (χ2n) is 6.46. The lowest BCUT2D eigenvalue weighted by Crippen LogP contribution is -2.21. The van der Waals surface area contributed by atoms with Crippen LogP contribution in [0.15, 0.2) is 48.5 Å². The Kier molecular flexibility index (Phi) is 5.16. The van der Waals surface area contributed by atoms with E-state index in [0.29, 0.717) is 11.4 Å². The highest BCUT2D eigenvalue weighted by molar-refractivity contribution is 6.06. The van der Waals surface area contributed by atoms with E-state index < -0.39 is 4.92 Å². The summed E-state index contributed by atoms with van der Waals surface area (Å²) < 4.78 is 0. The summed E-state index contributed by atoms with van der Waals surface area (Å²) in [4.78, 5) is 13.5. The molecule has 0 aliphatic heterocycles. The van der Waals surface area contributed by atoms with Crippen LogP contribution in [-0.4, -0.2) is 18.0 Å². The fourth-order valence-electron chi connectivity index (χ4n) is 3.37. The molecule has 6 heteroatoms. The molecule has 0 aliphatic rings. The van der Waals surface area contributed by atoms with Gasteiger partial charge in [-0.1, -0.05) is 24.3 Å². The van der Waals surface area contributed by atoms with Gasteiger partial charge in [0, 0.05) is 47.0 Å². The van der Waals surface area contributed by atoms with Gasteiger partial charge in [0.15, 0.2) is 0 Å². The number of benzene rings is 3. The third kappa shape index (κ3) is 3.51. The Labute approximate surface area is 158 Å². The maximum absolute atomic E-state index is 11.6. The molecule has 0 aliphatic carbocycles. The zero-order chi connectivity index (χ0) is 19.6. The largest absolute Gasteiger partial charge is 0.398 e. The summed E-state index contributed by atoms with van der Waals surface area (Å²) in [6.45, 7) is 8.10. The van der Waals surface area contributed by atoms with Crippen LogP contribution in [0.25, 0.3) is 10.8 Å². The van der Waals surface area contributed by atoms with Crippen LogP contribution in [-0.2, 0) is 0 Å². The number of hydrogen-bond acceptors (Lipinski definition) is 5. The smallest absolute Gasteiger partial charge is 0.295 e. The van der Waals surface area contributed by atoms with Crippen molar-refractivity contribution in [3.05, 3.63) is 64.2 Å². The van der Waals surface area contributed by atoms with E-state index in [-0.39, 0.29) is 5.69 Å². The lowest BCUT2D eigenvalue weighted by Gasteiger charge is -2.22. The quantitative estimate of drug-likeness (QED) is 0.355. The summed E-state index contributed by atoms with van der Waals surface area (Å²) in [5.74, 6) is 0. The van der Waals surface area contributed by atoms with E-state index in [0.717, 1.165) is 40.8 Å². The first-order chi connectivity index (χ1) is 13.0. The van der Waals surface area contributed by atoms with Gasteiger partial charge in [-0.05, 0) is 44.5 Å². The van der Waals surface area contributed by atoms with Crippen molar-refractivity contribution in [2.45, 2.75) is 20.8 Å². The van der Waals surface area contributed by atoms with Crippen LogP contribution in [0.5, 0.6) is 0 Å². The Morgan fingerprint density at radius 2 is 1.74 bits per heavy atom. The molecule has 0 spiro atoms. The second-order valence-corrected chi connectivity index (χ2v) is 6.46. The fraction of sp³-hybridized carbons (Fsp3) is 0.238. The normalized spacial score (nSPS) is 10.8. The van der Waals surface area contributed by atoms with Crippen LogP contribution in [0, 0.1) is 17.0 Å². The van der Waals surface area contributed by atoms with Crippen LogP contribution < -0.4 is 16.0 Å². The number of fused-ring (bicyclic) bond motifs is 1. The molecule has 0 aromatic heterocycles. The minimum atomic E-state index is -0.398. The van der Waals surface area contributed by atoms with Gasteiger partial charge in [-0.15, -0.1) is 0 Å². The van der Waals surface area contributed by atoms with Crippen molar-refractivity contribution < 1.29 is 4.92 Å². The molecule has 3 aromatic rings. The van der Waals surface area contributed by atoms with E-state index in [2.05, 4.69) is 30.1 Å². The topological polar surface area (TPSA) is 84.4 Å². The first-order valence-corrected chi connectivity index (χ1v) is 9.04. The first-order valence-electron chi connectivity index (χ1n) is 9.04. The maximum atomic E-state index is 11.6. The Balaban J connectivity index is 2.10. The van der Waals surface area contributed by atoms with E-state index in [9.17, 15) is 10.1 Å².